The average Bonchev–Trinajstić information content (AvgIpc) is 2.67. The van der Waals surface area contributed by atoms with Gasteiger partial charge in [0.2, 0.25) is 0 Å². The second kappa shape index (κ2) is 6.80. The molecule has 0 saturated carbocycles. The lowest BCUT2D eigenvalue weighted by molar-refractivity contribution is 0.0696. The van der Waals surface area contributed by atoms with Gasteiger partial charge >= 0.3 is 5.97 Å². The summed E-state index contributed by atoms with van der Waals surface area (Å²) >= 11 is 0. The van der Waals surface area contributed by atoms with Crippen molar-refractivity contribution >= 4 is 5.97 Å². The molecule has 1 aliphatic rings. The molecule has 0 fully saturated rings. The first-order valence-corrected chi connectivity index (χ1v) is 8.94. The SMILES string of the molecule is CC1=CC(c2ccnc(-c3cccnc3)c2C(=O)O)c2cc(C)ccc2C1. The third-order valence-electron chi connectivity index (χ3n) is 5.02. The van der Waals surface area contributed by atoms with E-state index in [4.69, 9.17) is 0 Å². The van der Waals surface area contributed by atoms with Crippen molar-refractivity contribution in [3.63, 3.8) is 0 Å². The number of fused-ring (bicyclic) bond motifs is 1. The third kappa shape index (κ3) is 3.14. The Balaban J connectivity index is 1.96. The molecule has 1 atom stereocenters. The summed E-state index contributed by atoms with van der Waals surface area (Å²) in [6.45, 7) is 4.16. The van der Waals surface area contributed by atoms with E-state index >= 15 is 0 Å². The highest BCUT2D eigenvalue weighted by Crippen LogP contribution is 2.38. The van der Waals surface area contributed by atoms with Gasteiger partial charge in [-0.05, 0) is 55.2 Å². The first-order valence-electron chi connectivity index (χ1n) is 8.94. The van der Waals surface area contributed by atoms with Gasteiger partial charge in [0.1, 0.15) is 0 Å². The van der Waals surface area contributed by atoms with Crippen LogP contribution in [0.4, 0.5) is 0 Å². The fourth-order valence-corrected chi connectivity index (χ4v) is 3.84. The van der Waals surface area contributed by atoms with Crippen LogP contribution in [0.25, 0.3) is 11.3 Å². The summed E-state index contributed by atoms with van der Waals surface area (Å²) in [4.78, 5) is 20.7. The van der Waals surface area contributed by atoms with Gasteiger partial charge in [0, 0.05) is 30.1 Å². The number of pyridine rings is 2. The molecule has 0 spiro atoms. The minimum absolute atomic E-state index is 0.0989. The molecular formula is C23H20N2O2. The predicted octanol–water partition coefficient (Wildman–Crippen LogP) is 4.78. The molecule has 0 aliphatic heterocycles. The van der Waals surface area contributed by atoms with E-state index in [0.717, 1.165) is 12.0 Å². The van der Waals surface area contributed by atoms with Crippen LogP contribution in [0.3, 0.4) is 0 Å². The molecule has 0 amide bonds. The zero-order chi connectivity index (χ0) is 19.0. The fraction of sp³-hybridized carbons (Fsp3) is 0.174. The number of aromatic nitrogens is 2. The first-order chi connectivity index (χ1) is 13.0. The van der Waals surface area contributed by atoms with Crippen molar-refractivity contribution in [1.82, 2.24) is 9.97 Å². The summed E-state index contributed by atoms with van der Waals surface area (Å²) < 4.78 is 0. The van der Waals surface area contributed by atoms with Crippen molar-refractivity contribution in [3.05, 3.63) is 94.5 Å². The number of aryl methyl sites for hydroxylation is 1. The maximum Gasteiger partial charge on any atom is 0.338 e. The van der Waals surface area contributed by atoms with Crippen molar-refractivity contribution in [2.24, 2.45) is 0 Å². The van der Waals surface area contributed by atoms with Crippen molar-refractivity contribution in [2.75, 3.05) is 0 Å². The Morgan fingerprint density at radius 2 is 1.96 bits per heavy atom. The standard InChI is InChI=1S/C23H20N2O2/c1-14-5-6-16-10-15(2)12-20(19(16)11-14)18-7-9-25-22(21(18)23(26)27)17-4-3-8-24-13-17/h3-9,11-13,20H,10H2,1-2H3,(H,26,27). The van der Waals surface area contributed by atoms with E-state index in [0.29, 0.717) is 11.3 Å². The van der Waals surface area contributed by atoms with E-state index in [2.05, 4.69) is 48.1 Å². The van der Waals surface area contributed by atoms with Crippen LogP contribution in [0, 0.1) is 6.92 Å². The van der Waals surface area contributed by atoms with Gasteiger partial charge in [-0.3, -0.25) is 9.97 Å². The minimum Gasteiger partial charge on any atom is -0.478 e. The van der Waals surface area contributed by atoms with Crippen molar-refractivity contribution < 1.29 is 9.90 Å². The van der Waals surface area contributed by atoms with E-state index in [1.54, 1.807) is 24.7 Å². The maximum absolute atomic E-state index is 12.2. The van der Waals surface area contributed by atoms with Crippen molar-refractivity contribution in [3.8, 4) is 11.3 Å². The van der Waals surface area contributed by atoms with Gasteiger partial charge in [-0.1, -0.05) is 35.4 Å². The molecule has 4 nitrogen and oxygen atoms in total. The lowest BCUT2D eigenvalue weighted by atomic mass is 9.78. The quantitative estimate of drug-likeness (QED) is 0.686. The van der Waals surface area contributed by atoms with E-state index in [-0.39, 0.29) is 11.5 Å². The topological polar surface area (TPSA) is 63.1 Å². The molecule has 1 aromatic carbocycles. The van der Waals surface area contributed by atoms with Gasteiger partial charge in [0.25, 0.3) is 0 Å². The normalized spacial score (nSPS) is 15.8. The fourth-order valence-electron chi connectivity index (χ4n) is 3.84. The molecule has 2 heterocycles. The van der Waals surface area contributed by atoms with Crippen LogP contribution in [0.15, 0.2) is 66.6 Å². The Hall–Kier alpha value is -3.27. The van der Waals surface area contributed by atoms with Crippen LogP contribution in [-0.4, -0.2) is 21.0 Å². The number of nitrogens with zero attached hydrogens (tertiary/aromatic N) is 2. The molecule has 1 N–H and O–H groups in total. The Morgan fingerprint density at radius 1 is 1.11 bits per heavy atom. The number of hydrogen-bond donors (Lipinski definition) is 1. The number of hydrogen-bond acceptors (Lipinski definition) is 3. The number of rotatable bonds is 3. The van der Waals surface area contributed by atoms with Crippen LogP contribution in [-0.2, 0) is 6.42 Å². The van der Waals surface area contributed by atoms with E-state index in [9.17, 15) is 9.90 Å². The highest BCUT2D eigenvalue weighted by Gasteiger charge is 2.27. The molecule has 2 aromatic heterocycles. The average molecular weight is 356 g/mol. The van der Waals surface area contributed by atoms with Gasteiger partial charge in [0.15, 0.2) is 0 Å². The number of carboxylic acid groups (broad SMARTS) is 1. The Bertz CT molecular complexity index is 1060. The summed E-state index contributed by atoms with van der Waals surface area (Å²) in [6.07, 6.45) is 8.08. The predicted molar refractivity (Wildman–Crippen MR) is 105 cm³/mol. The van der Waals surface area contributed by atoms with Crippen molar-refractivity contribution in [1.29, 1.82) is 0 Å². The number of carbonyl (C=O) groups is 1. The third-order valence-corrected chi connectivity index (χ3v) is 5.02. The zero-order valence-corrected chi connectivity index (χ0v) is 15.3. The Labute approximate surface area is 158 Å². The summed E-state index contributed by atoms with van der Waals surface area (Å²) in [5.74, 6) is -1.07. The van der Waals surface area contributed by atoms with Gasteiger partial charge < -0.3 is 5.11 Å². The van der Waals surface area contributed by atoms with Gasteiger partial charge in [-0.2, -0.15) is 0 Å². The van der Waals surface area contributed by atoms with Crippen LogP contribution in [0.2, 0.25) is 0 Å². The summed E-state index contributed by atoms with van der Waals surface area (Å²) in [5, 5.41) is 10.0. The van der Waals surface area contributed by atoms with E-state index in [1.165, 1.54) is 22.3 Å². The monoisotopic (exact) mass is 356 g/mol. The molecule has 0 bridgehead atoms. The van der Waals surface area contributed by atoms with Crippen LogP contribution in [0.1, 0.15) is 45.5 Å². The van der Waals surface area contributed by atoms with Gasteiger partial charge in [-0.25, -0.2) is 4.79 Å². The minimum atomic E-state index is -0.970. The summed E-state index contributed by atoms with van der Waals surface area (Å²) in [7, 11) is 0. The highest BCUT2D eigenvalue weighted by atomic mass is 16.4. The van der Waals surface area contributed by atoms with Gasteiger partial charge in [-0.15, -0.1) is 0 Å². The molecule has 134 valence electrons. The lowest BCUT2D eigenvalue weighted by Gasteiger charge is -2.26. The number of allylic oxidation sites excluding steroid dienone is 2. The largest absolute Gasteiger partial charge is 0.478 e. The van der Waals surface area contributed by atoms with E-state index < -0.39 is 5.97 Å². The van der Waals surface area contributed by atoms with Crippen molar-refractivity contribution in [2.45, 2.75) is 26.2 Å². The Kier molecular flexibility index (Phi) is 4.32. The van der Waals surface area contributed by atoms with Crippen LogP contribution >= 0.6 is 0 Å². The molecule has 3 aromatic rings. The molecule has 0 radical (unpaired) electrons. The Morgan fingerprint density at radius 3 is 2.70 bits per heavy atom. The van der Waals surface area contributed by atoms with Crippen LogP contribution < -0.4 is 0 Å². The van der Waals surface area contributed by atoms with E-state index in [1.807, 2.05) is 12.1 Å². The lowest BCUT2D eigenvalue weighted by Crippen LogP contribution is -2.15. The highest BCUT2D eigenvalue weighted by molar-refractivity contribution is 5.96. The second-order valence-electron chi connectivity index (χ2n) is 7.04. The molecule has 1 aliphatic carbocycles. The zero-order valence-electron chi connectivity index (χ0n) is 15.3. The van der Waals surface area contributed by atoms with Gasteiger partial charge in [0.05, 0.1) is 11.3 Å². The van der Waals surface area contributed by atoms with Crippen LogP contribution in [0.5, 0.6) is 0 Å². The first kappa shape index (κ1) is 17.2. The second-order valence-corrected chi connectivity index (χ2v) is 7.04. The molecule has 0 saturated heterocycles. The maximum atomic E-state index is 12.2. The summed E-state index contributed by atoms with van der Waals surface area (Å²) in [5.41, 5.74) is 7.01. The molecular weight excluding hydrogens is 336 g/mol. The molecule has 27 heavy (non-hydrogen) atoms. The summed E-state index contributed by atoms with van der Waals surface area (Å²) in [6, 6.07) is 11.9. The number of benzene rings is 1. The molecule has 4 heteroatoms. The number of carboxylic acids is 1. The molecule has 4 rings (SSSR count). The molecule has 1 unspecified atom stereocenters. The number of aromatic carboxylic acids is 1. The smallest absolute Gasteiger partial charge is 0.338 e.